The monoisotopic (exact) mass is 428 g/mol. The van der Waals surface area contributed by atoms with Crippen LogP contribution in [0.5, 0.6) is 11.5 Å². The van der Waals surface area contributed by atoms with Crippen molar-refractivity contribution in [3.63, 3.8) is 0 Å². The van der Waals surface area contributed by atoms with E-state index in [0.717, 1.165) is 35.6 Å². The Bertz CT molecular complexity index is 747. The third-order valence-corrected chi connectivity index (χ3v) is 5.58. The van der Waals surface area contributed by atoms with Crippen molar-refractivity contribution in [3.05, 3.63) is 46.2 Å². The van der Waals surface area contributed by atoms with E-state index in [0.29, 0.717) is 29.0 Å². The average molecular weight is 430 g/mol. The van der Waals surface area contributed by atoms with Gasteiger partial charge in [-0.05, 0) is 37.8 Å². The SMILES string of the molecule is COc1ccc(N(CCCl)Cc2c(Cl)cncc2Cl)cc1OC1CCCC1. The molecule has 146 valence electrons. The number of rotatable bonds is 8. The van der Waals surface area contributed by atoms with Crippen LogP contribution in [-0.2, 0) is 6.54 Å². The molecule has 4 nitrogen and oxygen atoms in total. The second-order valence-electron chi connectivity index (χ2n) is 6.55. The summed E-state index contributed by atoms with van der Waals surface area (Å²) >= 11 is 18.7. The van der Waals surface area contributed by atoms with Crippen LogP contribution in [0.1, 0.15) is 31.2 Å². The number of halogens is 3. The van der Waals surface area contributed by atoms with E-state index in [4.69, 9.17) is 44.3 Å². The molecule has 2 aromatic rings. The number of pyridine rings is 1. The van der Waals surface area contributed by atoms with Gasteiger partial charge in [0.1, 0.15) is 0 Å². The van der Waals surface area contributed by atoms with E-state index >= 15 is 0 Å². The van der Waals surface area contributed by atoms with Crippen LogP contribution in [0.2, 0.25) is 10.0 Å². The molecule has 0 aliphatic heterocycles. The molecule has 0 spiro atoms. The molecule has 1 aliphatic rings. The zero-order valence-corrected chi connectivity index (χ0v) is 17.5. The molecule has 0 atom stereocenters. The van der Waals surface area contributed by atoms with Crippen molar-refractivity contribution in [1.29, 1.82) is 0 Å². The van der Waals surface area contributed by atoms with Crippen molar-refractivity contribution in [2.24, 2.45) is 0 Å². The normalized spacial score (nSPS) is 14.4. The van der Waals surface area contributed by atoms with Crippen molar-refractivity contribution < 1.29 is 9.47 Å². The van der Waals surface area contributed by atoms with E-state index in [-0.39, 0.29) is 6.10 Å². The highest BCUT2D eigenvalue weighted by Gasteiger charge is 2.20. The van der Waals surface area contributed by atoms with Crippen LogP contribution in [0.3, 0.4) is 0 Å². The fraction of sp³-hybridized carbons (Fsp3) is 0.450. The number of nitrogens with zero attached hydrogens (tertiary/aromatic N) is 2. The molecular weight excluding hydrogens is 407 g/mol. The van der Waals surface area contributed by atoms with Gasteiger partial charge in [-0.1, -0.05) is 23.2 Å². The van der Waals surface area contributed by atoms with Gasteiger partial charge in [-0.25, -0.2) is 0 Å². The molecule has 27 heavy (non-hydrogen) atoms. The first-order valence-electron chi connectivity index (χ1n) is 9.06. The summed E-state index contributed by atoms with van der Waals surface area (Å²) in [5.41, 5.74) is 1.81. The Morgan fingerprint density at radius 1 is 1.11 bits per heavy atom. The number of hydrogen-bond acceptors (Lipinski definition) is 4. The molecule has 3 rings (SSSR count). The van der Waals surface area contributed by atoms with E-state index in [1.807, 2.05) is 18.2 Å². The fourth-order valence-corrected chi connectivity index (χ4v) is 4.01. The van der Waals surface area contributed by atoms with Crippen LogP contribution in [0.25, 0.3) is 0 Å². The van der Waals surface area contributed by atoms with Crippen molar-refractivity contribution in [2.75, 3.05) is 24.4 Å². The van der Waals surface area contributed by atoms with Crippen molar-refractivity contribution in [1.82, 2.24) is 4.98 Å². The second-order valence-corrected chi connectivity index (χ2v) is 7.74. The Balaban J connectivity index is 1.88. The maximum Gasteiger partial charge on any atom is 0.163 e. The molecule has 0 amide bonds. The Hall–Kier alpha value is -1.36. The van der Waals surface area contributed by atoms with E-state index < -0.39 is 0 Å². The molecule has 1 aromatic carbocycles. The highest BCUT2D eigenvalue weighted by Crippen LogP contribution is 2.36. The summed E-state index contributed by atoms with van der Waals surface area (Å²) in [6.45, 7) is 1.17. The van der Waals surface area contributed by atoms with Crippen LogP contribution in [0, 0.1) is 0 Å². The second kappa shape index (κ2) is 9.72. The van der Waals surface area contributed by atoms with Gasteiger partial charge < -0.3 is 14.4 Å². The summed E-state index contributed by atoms with van der Waals surface area (Å²) in [6.07, 6.45) is 8.05. The van der Waals surface area contributed by atoms with Gasteiger partial charge >= 0.3 is 0 Å². The van der Waals surface area contributed by atoms with E-state index in [1.54, 1.807) is 19.5 Å². The van der Waals surface area contributed by atoms with Gasteiger partial charge in [0.15, 0.2) is 11.5 Å². The number of ether oxygens (including phenoxy) is 2. The zero-order valence-electron chi connectivity index (χ0n) is 15.3. The van der Waals surface area contributed by atoms with Gasteiger partial charge in [-0.3, -0.25) is 4.98 Å². The molecule has 0 unspecified atom stereocenters. The summed E-state index contributed by atoms with van der Waals surface area (Å²) in [4.78, 5) is 6.15. The zero-order chi connectivity index (χ0) is 19.2. The standard InChI is InChI=1S/C20H23Cl3N2O2/c1-26-19-7-6-14(10-20(19)27-15-4-2-3-5-15)25(9-8-21)13-16-17(22)11-24-12-18(16)23/h6-7,10-12,15H,2-5,8-9,13H2,1H3. The summed E-state index contributed by atoms with van der Waals surface area (Å²) in [5, 5.41) is 1.08. The smallest absolute Gasteiger partial charge is 0.163 e. The van der Waals surface area contributed by atoms with Crippen LogP contribution < -0.4 is 14.4 Å². The number of benzene rings is 1. The lowest BCUT2D eigenvalue weighted by atomic mass is 10.2. The number of hydrogen-bond donors (Lipinski definition) is 0. The highest BCUT2D eigenvalue weighted by molar-refractivity contribution is 6.35. The Morgan fingerprint density at radius 3 is 2.44 bits per heavy atom. The van der Waals surface area contributed by atoms with Crippen molar-refractivity contribution in [2.45, 2.75) is 38.3 Å². The Kier molecular flexibility index (Phi) is 7.33. The minimum Gasteiger partial charge on any atom is -0.493 e. The maximum absolute atomic E-state index is 6.30. The molecular formula is C20H23Cl3N2O2. The fourth-order valence-electron chi connectivity index (χ4n) is 3.32. The number of aromatic nitrogens is 1. The predicted molar refractivity (Wildman–Crippen MR) is 112 cm³/mol. The molecule has 1 fully saturated rings. The molecule has 1 heterocycles. The Labute approximate surface area is 175 Å². The molecule has 0 N–H and O–H groups in total. The van der Waals surface area contributed by atoms with Gasteiger partial charge in [0, 0.05) is 48.7 Å². The molecule has 0 saturated heterocycles. The number of alkyl halides is 1. The van der Waals surface area contributed by atoms with E-state index in [1.165, 1.54) is 12.8 Å². The highest BCUT2D eigenvalue weighted by atomic mass is 35.5. The van der Waals surface area contributed by atoms with Gasteiger partial charge in [0.2, 0.25) is 0 Å². The van der Waals surface area contributed by atoms with Gasteiger partial charge in [0.05, 0.1) is 23.3 Å². The molecule has 0 radical (unpaired) electrons. The molecule has 1 aromatic heterocycles. The van der Waals surface area contributed by atoms with Crippen LogP contribution in [0.4, 0.5) is 5.69 Å². The quantitative estimate of drug-likeness (QED) is 0.485. The maximum atomic E-state index is 6.30. The lowest BCUT2D eigenvalue weighted by Gasteiger charge is -2.26. The molecule has 1 aliphatic carbocycles. The first kappa shape index (κ1) is 20.4. The minimum atomic E-state index is 0.250. The van der Waals surface area contributed by atoms with Gasteiger partial charge in [-0.15, -0.1) is 11.6 Å². The molecule has 7 heteroatoms. The van der Waals surface area contributed by atoms with Crippen LogP contribution >= 0.6 is 34.8 Å². The van der Waals surface area contributed by atoms with Crippen LogP contribution in [-0.4, -0.2) is 30.6 Å². The molecule has 1 saturated carbocycles. The summed E-state index contributed by atoms with van der Waals surface area (Å²) in [5.74, 6) is 1.97. The third-order valence-electron chi connectivity index (χ3n) is 4.76. The molecule has 0 bridgehead atoms. The lowest BCUT2D eigenvalue weighted by Crippen LogP contribution is -2.25. The first-order valence-corrected chi connectivity index (χ1v) is 10.3. The third kappa shape index (κ3) is 5.13. The van der Waals surface area contributed by atoms with Gasteiger partial charge in [0.25, 0.3) is 0 Å². The Morgan fingerprint density at radius 2 is 1.81 bits per heavy atom. The van der Waals surface area contributed by atoms with Crippen molar-refractivity contribution >= 4 is 40.5 Å². The van der Waals surface area contributed by atoms with E-state index in [9.17, 15) is 0 Å². The lowest BCUT2D eigenvalue weighted by molar-refractivity contribution is 0.201. The summed E-state index contributed by atoms with van der Waals surface area (Å²) < 4.78 is 11.7. The van der Waals surface area contributed by atoms with E-state index in [2.05, 4.69) is 9.88 Å². The number of methoxy groups -OCH3 is 1. The van der Waals surface area contributed by atoms with Crippen molar-refractivity contribution in [3.8, 4) is 11.5 Å². The average Bonchev–Trinajstić information content (AvgIpc) is 3.17. The van der Waals surface area contributed by atoms with Gasteiger partial charge in [-0.2, -0.15) is 0 Å². The summed E-state index contributed by atoms with van der Waals surface area (Å²) in [6, 6.07) is 5.93. The van der Waals surface area contributed by atoms with Crippen LogP contribution in [0.15, 0.2) is 30.6 Å². The predicted octanol–water partition coefficient (Wildman–Crippen LogP) is 5.96. The topological polar surface area (TPSA) is 34.6 Å². The largest absolute Gasteiger partial charge is 0.493 e. The number of anilines is 1. The first-order chi connectivity index (χ1) is 13.1. The minimum absolute atomic E-state index is 0.250. The summed E-state index contributed by atoms with van der Waals surface area (Å²) in [7, 11) is 1.66.